The van der Waals surface area contributed by atoms with E-state index in [1.807, 2.05) is 6.07 Å². The molecule has 0 saturated carbocycles. The molecule has 1 heterocycles. The minimum absolute atomic E-state index is 0.0988. The molecule has 0 radical (unpaired) electrons. The normalized spacial score (nSPS) is 12.6. The van der Waals surface area contributed by atoms with Crippen molar-refractivity contribution < 1.29 is 4.52 Å². The van der Waals surface area contributed by atoms with Gasteiger partial charge in [-0.3, -0.25) is 4.90 Å². The molecule has 0 aliphatic rings. The lowest BCUT2D eigenvalue weighted by Gasteiger charge is -2.19. The van der Waals surface area contributed by atoms with Crippen LogP contribution in [0.5, 0.6) is 0 Å². The van der Waals surface area contributed by atoms with E-state index in [9.17, 15) is 0 Å². The van der Waals surface area contributed by atoms with Gasteiger partial charge in [-0.25, -0.2) is 0 Å². The molecule has 1 N–H and O–H groups in total. The van der Waals surface area contributed by atoms with E-state index >= 15 is 0 Å². The van der Waals surface area contributed by atoms with Gasteiger partial charge in [0.2, 0.25) is 0 Å². The highest BCUT2D eigenvalue weighted by Gasteiger charge is 2.11. The first-order valence-electron chi connectivity index (χ1n) is 6.79. The summed E-state index contributed by atoms with van der Waals surface area (Å²) >= 11 is 0. The molecular formula is C14H28N4O. The molecule has 5 nitrogen and oxygen atoms in total. The Hall–Kier alpha value is -0.910. The van der Waals surface area contributed by atoms with Gasteiger partial charge in [-0.05, 0) is 41.9 Å². The van der Waals surface area contributed by atoms with E-state index in [4.69, 9.17) is 4.52 Å². The van der Waals surface area contributed by atoms with E-state index in [0.717, 1.165) is 37.6 Å². The fraction of sp³-hybridized carbons (Fsp3) is 0.786. The second kappa shape index (κ2) is 7.03. The Labute approximate surface area is 116 Å². The molecule has 0 fully saturated rings. The van der Waals surface area contributed by atoms with Gasteiger partial charge in [0.1, 0.15) is 0 Å². The molecule has 1 aromatic heterocycles. The van der Waals surface area contributed by atoms with E-state index in [1.165, 1.54) is 0 Å². The van der Waals surface area contributed by atoms with Crippen LogP contribution in [0, 0.1) is 0 Å². The van der Waals surface area contributed by atoms with Crippen molar-refractivity contribution in [1.82, 2.24) is 20.3 Å². The molecule has 5 heteroatoms. The predicted octanol–water partition coefficient (Wildman–Crippen LogP) is 1.56. The van der Waals surface area contributed by atoms with Crippen LogP contribution in [0.3, 0.4) is 0 Å². The average molecular weight is 268 g/mol. The molecule has 0 spiro atoms. The van der Waals surface area contributed by atoms with Crippen LogP contribution in [0.15, 0.2) is 10.6 Å². The van der Waals surface area contributed by atoms with E-state index in [1.54, 1.807) is 0 Å². The molecular weight excluding hydrogens is 240 g/mol. The Balaban J connectivity index is 2.38. The van der Waals surface area contributed by atoms with Crippen LogP contribution >= 0.6 is 0 Å². The molecule has 0 aliphatic heterocycles. The smallest absolute Gasteiger partial charge is 0.151 e. The minimum atomic E-state index is 0.0988. The maximum Gasteiger partial charge on any atom is 0.151 e. The summed E-state index contributed by atoms with van der Waals surface area (Å²) in [6.45, 7) is 10.0. The zero-order chi connectivity index (χ0) is 14.5. The summed E-state index contributed by atoms with van der Waals surface area (Å²) in [5, 5.41) is 7.50. The van der Waals surface area contributed by atoms with Gasteiger partial charge in [0.05, 0.1) is 12.2 Å². The highest BCUT2D eigenvalue weighted by Crippen LogP contribution is 2.08. The summed E-state index contributed by atoms with van der Waals surface area (Å²) < 4.78 is 5.36. The van der Waals surface area contributed by atoms with Gasteiger partial charge in [0.15, 0.2) is 5.76 Å². The van der Waals surface area contributed by atoms with Crippen LogP contribution in [-0.4, -0.2) is 54.7 Å². The predicted molar refractivity (Wildman–Crippen MR) is 78.0 cm³/mol. The van der Waals surface area contributed by atoms with Gasteiger partial charge in [-0.15, -0.1) is 0 Å². The molecule has 0 unspecified atom stereocenters. The number of hydrogen-bond donors (Lipinski definition) is 1. The van der Waals surface area contributed by atoms with Crippen LogP contribution in [0.1, 0.15) is 32.2 Å². The van der Waals surface area contributed by atoms with E-state index in [0.29, 0.717) is 0 Å². The number of rotatable bonds is 7. The third-order valence-electron chi connectivity index (χ3n) is 2.76. The first kappa shape index (κ1) is 16.1. The maximum atomic E-state index is 5.36. The number of aromatic nitrogens is 1. The zero-order valence-corrected chi connectivity index (χ0v) is 13.2. The van der Waals surface area contributed by atoms with Crippen molar-refractivity contribution in [2.45, 2.75) is 39.4 Å². The van der Waals surface area contributed by atoms with Crippen molar-refractivity contribution in [3.8, 4) is 0 Å². The second-order valence-corrected chi connectivity index (χ2v) is 6.43. The Kier molecular flexibility index (Phi) is 5.97. The molecule has 0 saturated heterocycles. The minimum Gasteiger partial charge on any atom is -0.360 e. The maximum absolute atomic E-state index is 5.36. The Morgan fingerprint density at radius 3 is 2.47 bits per heavy atom. The monoisotopic (exact) mass is 268 g/mol. The summed E-state index contributed by atoms with van der Waals surface area (Å²) in [7, 11) is 6.26. The molecule has 1 rings (SSSR count). The largest absolute Gasteiger partial charge is 0.360 e. The molecule has 0 atom stereocenters. The zero-order valence-electron chi connectivity index (χ0n) is 13.2. The quantitative estimate of drug-likeness (QED) is 0.813. The third kappa shape index (κ3) is 7.30. The number of hydrogen-bond acceptors (Lipinski definition) is 5. The fourth-order valence-electron chi connectivity index (χ4n) is 1.59. The van der Waals surface area contributed by atoms with Gasteiger partial charge < -0.3 is 14.7 Å². The third-order valence-corrected chi connectivity index (χ3v) is 2.76. The lowest BCUT2D eigenvalue weighted by atomic mass is 10.1. The van der Waals surface area contributed by atoms with Gasteiger partial charge in [-0.2, -0.15) is 0 Å². The van der Waals surface area contributed by atoms with Crippen molar-refractivity contribution >= 4 is 0 Å². The van der Waals surface area contributed by atoms with Gasteiger partial charge >= 0.3 is 0 Å². The Bertz CT molecular complexity index is 368. The molecule has 19 heavy (non-hydrogen) atoms. The highest BCUT2D eigenvalue weighted by molar-refractivity contribution is 5.05. The standard InChI is InChI=1S/C14H28N4O/c1-14(2,3)15-10-12-9-13(19-16-12)11-18(6)8-7-17(4)5/h9,15H,7-8,10-11H2,1-6H3. The molecule has 110 valence electrons. The van der Waals surface area contributed by atoms with E-state index < -0.39 is 0 Å². The van der Waals surface area contributed by atoms with Crippen LogP contribution in [0.2, 0.25) is 0 Å². The lowest BCUT2D eigenvalue weighted by molar-refractivity contribution is 0.245. The highest BCUT2D eigenvalue weighted by atomic mass is 16.5. The summed E-state index contributed by atoms with van der Waals surface area (Å²) in [6, 6.07) is 2.03. The topological polar surface area (TPSA) is 44.5 Å². The average Bonchev–Trinajstić information content (AvgIpc) is 2.70. The summed E-state index contributed by atoms with van der Waals surface area (Å²) in [5.74, 6) is 0.923. The lowest BCUT2D eigenvalue weighted by Crippen LogP contribution is -2.35. The Morgan fingerprint density at radius 2 is 1.89 bits per heavy atom. The second-order valence-electron chi connectivity index (χ2n) is 6.43. The Morgan fingerprint density at radius 1 is 1.21 bits per heavy atom. The van der Waals surface area contributed by atoms with Crippen LogP contribution < -0.4 is 5.32 Å². The van der Waals surface area contributed by atoms with Gasteiger partial charge in [-0.1, -0.05) is 5.16 Å². The SMILES string of the molecule is CN(C)CCN(C)Cc1cc(CNC(C)(C)C)no1. The number of nitrogens with one attached hydrogen (secondary N) is 1. The van der Waals surface area contributed by atoms with Crippen LogP contribution in [-0.2, 0) is 13.1 Å². The van der Waals surface area contributed by atoms with Crippen molar-refractivity contribution in [3.63, 3.8) is 0 Å². The summed E-state index contributed by atoms with van der Waals surface area (Å²) in [6.07, 6.45) is 0. The van der Waals surface area contributed by atoms with Crippen LogP contribution in [0.4, 0.5) is 0 Å². The first-order chi connectivity index (χ1) is 8.76. The number of likely N-dealkylation sites (N-methyl/N-ethyl adjacent to an activating group) is 2. The van der Waals surface area contributed by atoms with E-state index in [-0.39, 0.29) is 5.54 Å². The molecule has 0 bridgehead atoms. The molecule has 1 aromatic rings. The van der Waals surface area contributed by atoms with Crippen molar-refractivity contribution in [1.29, 1.82) is 0 Å². The molecule has 0 aromatic carbocycles. The van der Waals surface area contributed by atoms with Crippen molar-refractivity contribution in [2.75, 3.05) is 34.2 Å². The van der Waals surface area contributed by atoms with Gasteiger partial charge in [0.25, 0.3) is 0 Å². The molecule has 0 aliphatic carbocycles. The van der Waals surface area contributed by atoms with Crippen molar-refractivity contribution in [3.05, 3.63) is 17.5 Å². The summed E-state index contributed by atoms with van der Waals surface area (Å²) in [5.41, 5.74) is 1.06. The van der Waals surface area contributed by atoms with Gasteiger partial charge in [0, 0.05) is 31.2 Å². The van der Waals surface area contributed by atoms with Crippen LogP contribution in [0.25, 0.3) is 0 Å². The van der Waals surface area contributed by atoms with Crippen molar-refractivity contribution in [2.24, 2.45) is 0 Å². The number of nitrogens with zero attached hydrogens (tertiary/aromatic N) is 3. The summed E-state index contributed by atoms with van der Waals surface area (Å²) in [4.78, 5) is 4.41. The fourth-order valence-corrected chi connectivity index (χ4v) is 1.59. The molecule has 0 amide bonds. The first-order valence-corrected chi connectivity index (χ1v) is 6.79. The van der Waals surface area contributed by atoms with E-state index in [2.05, 4.69) is 62.2 Å².